The Hall–Kier alpha value is -1.35. The van der Waals surface area contributed by atoms with E-state index in [0.29, 0.717) is 18.8 Å². The van der Waals surface area contributed by atoms with Crippen LogP contribution in [-0.2, 0) is 17.6 Å². The summed E-state index contributed by atoms with van der Waals surface area (Å²) in [4.78, 5) is 11.9. The summed E-state index contributed by atoms with van der Waals surface area (Å²) >= 11 is 0. The van der Waals surface area contributed by atoms with Gasteiger partial charge in [0.1, 0.15) is 0 Å². The number of hydrogen-bond donors (Lipinski definition) is 2. The number of amides is 1. The third-order valence-corrected chi connectivity index (χ3v) is 3.37. The highest BCUT2D eigenvalue weighted by atomic mass is 16.3. The van der Waals surface area contributed by atoms with Gasteiger partial charge in [-0.25, -0.2) is 0 Å². The Morgan fingerprint density at radius 1 is 1.20 bits per heavy atom. The van der Waals surface area contributed by atoms with Crippen LogP contribution in [0.25, 0.3) is 0 Å². The van der Waals surface area contributed by atoms with E-state index in [1.165, 1.54) is 5.56 Å². The molecule has 0 spiro atoms. The fourth-order valence-electron chi connectivity index (χ4n) is 2.26. The second-order valence-electron chi connectivity index (χ2n) is 5.78. The van der Waals surface area contributed by atoms with Gasteiger partial charge in [0.2, 0.25) is 5.91 Å². The molecule has 1 unspecified atom stereocenters. The lowest BCUT2D eigenvalue weighted by Gasteiger charge is -2.15. The predicted octanol–water partition coefficient (Wildman–Crippen LogP) is 2.70. The third kappa shape index (κ3) is 6.20. The molecule has 0 radical (unpaired) electrons. The highest BCUT2D eigenvalue weighted by molar-refractivity contribution is 5.78. The molecule has 2 N–H and O–H groups in total. The normalized spacial score (nSPS) is 12.4. The van der Waals surface area contributed by atoms with Crippen molar-refractivity contribution in [3.05, 3.63) is 35.4 Å². The van der Waals surface area contributed by atoms with Gasteiger partial charge >= 0.3 is 0 Å². The van der Waals surface area contributed by atoms with Gasteiger partial charge in [-0.3, -0.25) is 4.79 Å². The van der Waals surface area contributed by atoms with Crippen molar-refractivity contribution in [2.75, 3.05) is 6.61 Å². The van der Waals surface area contributed by atoms with Crippen LogP contribution < -0.4 is 5.32 Å². The monoisotopic (exact) mass is 277 g/mol. The maximum Gasteiger partial charge on any atom is 0.224 e. The maximum atomic E-state index is 11.9. The molecule has 0 saturated heterocycles. The molecule has 3 nitrogen and oxygen atoms in total. The molecule has 0 heterocycles. The largest absolute Gasteiger partial charge is 0.396 e. The molecule has 1 aromatic carbocycles. The van der Waals surface area contributed by atoms with Crippen LogP contribution in [0.1, 0.15) is 44.7 Å². The Morgan fingerprint density at radius 2 is 1.80 bits per heavy atom. The number of aliphatic hydroxyl groups excluding tert-OH is 1. The number of hydrogen-bond acceptors (Lipinski definition) is 2. The first-order valence-corrected chi connectivity index (χ1v) is 7.53. The first kappa shape index (κ1) is 16.7. The van der Waals surface area contributed by atoms with Gasteiger partial charge in [0.25, 0.3) is 0 Å². The molecule has 0 aliphatic carbocycles. The molecule has 0 aromatic heterocycles. The van der Waals surface area contributed by atoms with Gasteiger partial charge in [0, 0.05) is 12.6 Å². The molecule has 1 atom stereocenters. The molecule has 0 bridgehead atoms. The Morgan fingerprint density at radius 3 is 2.30 bits per heavy atom. The highest BCUT2D eigenvalue weighted by Crippen LogP contribution is 2.10. The van der Waals surface area contributed by atoms with E-state index in [2.05, 4.69) is 31.3 Å². The Bertz CT molecular complexity index is 398. The molecule has 1 aromatic rings. The van der Waals surface area contributed by atoms with Crippen LogP contribution in [0.2, 0.25) is 0 Å². The van der Waals surface area contributed by atoms with Crippen molar-refractivity contribution < 1.29 is 9.90 Å². The minimum Gasteiger partial charge on any atom is -0.396 e. The van der Waals surface area contributed by atoms with Crippen LogP contribution in [0.15, 0.2) is 24.3 Å². The summed E-state index contributed by atoms with van der Waals surface area (Å²) in [5.74, 6) is 0.676. The van der Waals surface area contributed by atoms with E-state index in [4.69, 9.17) is 5.11 Å². The Kier molecular flexibility index (Phi) is 7.31. The van der Waals surface area contributed by atoms with E-state index in [9.17, 15) is 4.79 Å². The lowest BCUT2D eigenvalue weighted by atomic mass is 10.0. The number of carbonyl (C=O) groups excluding carboxylic acids is 1. The van der Waals surface area contributed by atoms with Gasteiger partial charge in [-0.2, -0.15) is 0 Å². The standard InChI is InChI=1S/C17H27NO2/c1-4-16(9-10-19)18-17(20)12-15-7-5-14(6-8-15)11-13(2)3/h5-8,13,16,19H,4,9-12H2,1-3H3,(H,18,20). The summed E-state index contributed by atoms with van der Waals surface area (Å²) in [5, 5.41) is 11.9. The molecule has 3 heteroatoms. The summed E-state index contributed by atoms with van der Waals surface area (Å²) in [6.45, 7) is 6.53. The number of nitrogens with one attached hydrogen (secondary N) is 1. The van der Waals surface area contributed by atoms with Gasteiger partial charge in [0.05, 0.1) is 6.42 Å². The van der Waals surface area contributed by atoms with Crippen molar-refractivity contribution >= 4 is 5.91 Å². The summed E-state index contributed by atoms with van der Waals surface area (Å²) in [7, 11) is 0. The Labute approximate surface area is 122 Å². The molecule has 0 fully saturated rings. The molecular formula is C17H27NO2. The summed E-state index contributed by atoms with van der Waals surface area (Å²) in [6, 6.07) is 8.35. The van der Waals surface area contributed by atoms with E-state index in [1.54, 1.807) is 0 Å². The van der Waals surface area contributed by atoms with E-state index >= 15 is 0 Å². The topological polar surface area (TPSA) is 49.3 Å². The first-order chi connectivity index (χ1) is 9.55. The number of benzene rings is 1. The second-order valence-corrected chi connectivity index (χ2v) is 5.78. The van der Waals surface area contributed by atoms with Gasteiger partial charge in [-0.1, -0.05) is 45.0 Å². The summed E-state index contributed by atoms with van der Waals surface area (Å²) < 4.78 is 0. The zero-order chi connectivity index (χ0) is 15.0. The maximum absolute atomic E-state index is 11.9. The van der Waals surface area contributed by atoms with E-state index in [0.717, 1.165) is 18.4 Å². The number of aliphatic hydroxyl groups is 1. The third-order valence-electron chi connectivity index (χ3n) is 3.37. The van der Waals surface area contributed by atoms with Crippen molar-refractivity contribution in [1.82, 2.24) is 5.32 Å². The lowest BCUT2D eigenvalue weighted by Crippen LogP contribution is -2.36. The smallest absolute Gasteiger partial charge is 0.224 e. The van der Waals surface area contributed by atoms with Crippen LogP contribution >= 0.6 is 0 Å². The van der Waals surface area contributed by atoms with Crippen molar-refractivity contribution in [1.29, 1.82) is 0 Å². The predicted molar refractivity (Wildman–Crippen MR) is 82.6 cm³/mol. The molecular weight excluding hydrogens is 250 g/mol. The average Bonchev–Trinajstić information content (AvgIpc) is 2.40. The van der Waals surface area contributed by atoms with Crippen LogP contribution in [0.4, 0.5) is 0 Å². The first-order valence-electron chi connectivity index (χ1n) is 7.53. The van der Waals surface area contributed by atoms with E-state index in [-0.39, 0.29) is 18.6 Å². The summed E-state index contributed by atoms with van der Waals surface area (Å²) in [5.41, 5.74) is 2.35. The molecule has 0 aliphatic heterocycles. The highest BCUT2D eigenvalue weighted by Gasteiger charge is 2.10. The van der Waals surface area contributed by atoms with Crippen LogP contribution in [-0.4, -0.2) is 23.7 Å². The quantitative estimate of drug-likeness (QED) is 0.767. The van der Waals surface area contributed by atoms with Crippen LogP contribution in [0.5, 0.6) is 0 Å². The number of carbonyl (C=O) groups is 1. The average molecular weight is 277 g/mol. The zero-order valence-corrected chi connectivity index (χ0v) is 12.9. The lowest BCUT2D eigenvalue weighted by molar-refractivity contribution is -0.121. The second kappa shape index (κ2) is 8.75. The number of rotatable bonds is 8. The van der Waals surface area contributed by atoms with E-state index in [1.807, 2.05) is 19.1 Å². The van der Waals surface area contributed by atoms with Crippen LogP contribution in [0.3, 0.4) is 0 Å². The van der Waals surface area contributed by atoms with Crippen molar-refractivity contribution in [3.8, 4) is 0 Å². The molecule has 1 rings (SSSR count). The Balaban J connectivity index is 2.49. The van der Waals surface area contributed by atoms with Crippen LogP contribution in [0, 0.1) is 5.92 Å². The molecule has 20 heavy (non-hydrogen) atoms. The fourth-order valence-corrected chi connectivity index (χ4v) is 2.26. The van der Waals surface area contributed by atoms with Gasteiger partial charge in [-0.15, -0.1) is 0 Å². The summed E-state index contributed by atoms with van der Waals surface area (Å²) in [6.07, 6.45) is 2.94. The van der Waals surface area contributed by atoms with Crippen molar-refractivity contribution in [3.63, 3.8) is 0 Å². The van der Waals surface area contributed by atoms with Gasteiger partial charge < -0.3 is 10.4 Å². The fraction of sp³-hybridized carbons (Fsp3) is 0.588. The van der Waals surface area contributed by atoms with Crippen molar-refractivity contribution in [2.45, 2.75) is 52.5 Å². The molecule has 0 aliphatic rings. The van der Waals surface area contributed by atoms with Gasteiger partial charge in [0.15, 0.2) is 0 Å². The minimum absolute atomic E-state index is 0.0295. The molecule has 112 valence electrons. The van der Waals surface area contributed by atoms with Crippen molar-refractivity contribution in [2.24, 2.45) is 5.92 Å². The van der Waals surface area contributed by atoms with Gasteiger partial charge in [-0.05, 0) is 36.3 Å². The molecule has 1 amide bonds. The van der Waals surface area contributed by atoms with E-state index < -0.39 is 0 Å². The minimum atomic E-state index is 0.0295. The molecule has 0 saturated carbocycles. The zero-order valence-electron chi connectivity index (χ0n) is 12.9. The SMILES string of the molecule is CCC(CCO)NC(=O)Cc1ccc(CC(C)C)cc1.